The molecular weight excluding hydrogens is 354 g/mol. The number of hydrogen-bond acceptors (Lipinski definition) is 5. The van der Waals surface area contributed by atoms with Crippen molar-refractivity contribution in [2.75, 3.05) is 18.5 Å². The van der Waals surface area contributed by atoms with Crippen molar-refractivity contribution >= 4 is 28.3 Å². The minimum atomic E-state index is -0.365. The van der Waals surface area contributed by atoms with Crippen molar-refractivity contribution in [3.63, 3.8) is 0 Å². The van der Waals surface area contributed by atoms with E-state index >= 15 is 0 Å². The van der Waals surface area contributed by atoms with Crippen LogP contribution in [0.25, 0.3) is 11.0 Å². The van der Waals surface area contributed by atoms with Gasteiger partial charge in [0.2, 0.25) is 0 Å². The quantitative estimate of drug-likeness (QED) is 0.689. The highest BCUT2D eigenvalue weighted by Crippen LogP contribution is 2.38. The molecule has 4 rings (SSSR count). The number of hydrogen-bond donors (Lipinski definition) is 1. The predicted molar refractivity (Wildman–Crippen MR) is 102 cm³/mol. The predicted octanol–water partition coefficient (Wildman–Crippen LogP) is 4.45. The van der Waals surface area contributed by atoms with E-state index in [4.69, 9.17) is 25.5 Å². The summed E-state index contributed by atoms with van der Waals surface area (Å²) in [4.78, 5) is 12.0. The highest BCUT2D eigenvalue weighted by Gasteiger charge is 2.16. The number of anilines is 1. The summed E-state index contributed by atoms with van der Waals surface area (Å²) in [5.41, 5.74) is 3.89. The molecule has 2 aromatic carbocycles. The standard InChI is InChI=1S/C20H18ClNO4/c1-11-3-4-14-13(7-19(23)26-20(14)12(11)2)10-22-16-9-18-17(8-15(16)21)24-5-6-25-18/h3-4,7-9,22H,5-6,10H2,1-2H3. The summed E-state index contributed by atoms with van der Waals surface area (Å²) in [5.74, 6) is 1.30. The average molecular weight is 372 g/mol. The number of rotatable bonds is 3. The van der Waals surface area contributed by atoms with Crippen LogP contribution in [0, 0.1) is 13.8 Å². The number of fused-ring (bicyclic) bond motifs is 2. The molecular formula is C20H18ClNO4. The molecule has 0 bridgehead atoms. The first kappa shape index (κ1) is 16.8. The van der Waals surface area contributed by atoms with Crippen LogP contribution >= 0.6 is 11.6 Å². The lowest BCUT2D eigenvalue weighted by atomic mass is 10.0. The maximum Gasteiger partial charge on any atom is 0.336 e. The second-order valence-corrected chi connectivity index (χ2v) is 6.71. The van der Waals surface area contributed by atoms with Crippen molar-refractivity contribution in [3.8, 4) is 11.5 Å². The molecule has 0 amide bonds. The molecule has 5 nitrogen and oxygen atoms in total. The Morgan fingerprint density at radius 1 is 1.08 bits per heavy atom. The van der Waals surface area contributed by atoms with E-state index in [1.54, 1.807) is 6.07 Å². The summed E-state index contributed by atoms with van der Waals surface area (Å²) < 4.78 is 16.5. The lowest BCUT2D eigenvalue weighted by Crippen LogP contribution is -2.15. The van der Waals surface area contributed by atoms with E-state index in [1.165, 1.54) is 6.07 Å². The first-order valence-corrected chi connectivity index (χ1v) is 8.76. The molecule has 0 fully saturated rings. The largest absolute Gasteiger partial charge is 0.486 e. The number of ether oxygens (including phenoxy) is 2. The van der Waals surface area contributed by atoms with Gasteiger partial charge in [0.15, 0.2) is 11.5 Å². The number of halogens is 1. The van der Waals surface area contributed by atoms with Crippen LogP contribution in [0.3, 0.4) is 0 Å². The zero-order chi connectivity index (χ0) is 18.3. The van der Waals surface area contributed by atoms with Gasteiger partial charge in [-0.15, -0.1) is 0 Å². The van der Waals surface area contributed by atoms with E-state index in [0.29, 0.717) is 41.9 Å². The molecule has 1 aliphatic heterocycles. The van der Waals surface area contributed by atoms with Crippen molar-refractivity contribution in [1.29, 1.82) is 0 Å². The fraction of sp³-hybridized carbons (Fsp3) is 0.250. The normalized spacial score (nSPS) is 13.0. The van der Waals surface area contributed by atoms with Crippen molar-refractivity contribution in [1.82, 2.24) is 0 Å². The first-order chi connectivity index (χ1) is 12.5. The molecule has 0 saturated heterocycles. The Morgan fingerprint density at radius 3 is 2.58 bits per heavy atom. The van der Waals surface area contributed by atoms with Crippen molar-refractivity contribution in [2.24, 2.45) is 0 Å². The molecule has 26 heavy (non-hydrogen) atoms. The Hall–Kier alpha value is -2.66. The third-order valence-electron chi connectivity index (χ3n) is 4.62. The van der Waals surface area contributed by atoms with Crippen LogP contribution in [0.2, 0.25) is 5.02 Å². The summed E-state index contributed by atoms with van der Waals surface area (Å²) in [6.45, 7) is 5.41. The van der Waals surface area contributed by atoms with E-state index in [1.807, 2.05) is 32.0 Å². The molecule has 0 aliphatic carbocycles. The smallest absolute Gasteiger partial charge is 0.336 e. The van der Waals surface area contributed by atoms with Crippen LogP contribution in [0.4, 0.5) is 5.69 Å². The van der Waals surface area contributed by atoms with Gasteiger partial charge in [-0.3, -0.25) is 0 Å². The van der Waals surface area contributed by atoms with E-state index in [9.17, 15) is 4.79 Å². The lowest BCUT2D eigenvalue weighted by Gasteiger charge is -2.20. The van der Waals surface area contributed by atoms with Gasteiger partial charge in [0, 0.05) is 30.1 Å². The fourth-order valence-corrected chi connectivity index (χ4v) is 3.28. The van der Waals surface area contributed by atoms with Gasteiger partial charge in [0.1, 0.15) is 18.8 Å². The number of aryl methyl sites for hydroxylation is 2. The van der Waals surface area contributed by atoms with Gasteiger partial charge < -0.3 is 19.2 Å². The Bertz CT molecular complexity index is 1060. The van der Waals surface area contributed by atoms with E-state index in [2.05, 4.69) is 5.32 Å². The molecule has 0 atom stereocenters. The van der Waals surface area contributed by atoms with Gasteiger partial charge >= 0.3 is 5.63 Å². The van der Waals surface area contributed by atoms with Crippen LogP contribution in [-0.2, 0) is 6.54 Å². The first-order valence-electron chi connectivity index (χ1n) is 8.39. The van der Waals surface area contributed by atoms with E-state index < -0.39 is 0 Å². The van der Waals surface area contributed by atoms with Crippen molar-refractivity contribution in [2.45, 2.75) is 20.4 Å². The molecule has 6 heteroatoms. The molecule has 1 aliphatic rings. The number of benzene rings is 2. The summed E-state index contributed by atoms with van der Waals surface area (Å²) in [7, 11) is 0. The second-order valence-electron chi connectivity index (χ2n) is 6.30. The topological polar surface area (TPSA) is 60.7 Å². The molecule has 0 saturated carbocycles. The van der Waals surface area contributed by atoms with Gasteiger partial charge in [-0.2, -0.15) is 0 Å². The Morgan fingerprint density at radius 2 is 1.81 bits per heavy atom. The molecule has 134 valence electrons. The Labute approximate surface area is 155 Å². The molecule has 2 heterocycles. The molecule has 1 N–H and O–H groups in total. The molecule has 0 spiro atoms. The monoisotopic (exact) mass is 371 g/mol. The molecule has 0 radical (unpaired) electrons. The minimum absolute atomic E-state index is 0.365. The third kappa shape index (κ3) is 2.99. The van der Waals surface area contributed by atoms with Crippen LogP contribution in [0.15, 0.2) is 39.5 Å². The van der Waals surface area contributed by atoms with Gasteiger partial charge in [0.05, 0.1) is 10.7 Å². The Kier molecular flexibility index (Phi) is 4.24. The summed E-state index contributed by atoms with van der Waals surface area (Å²) in [6, 6.07) is 9.07. The van der Waals surface area contributed by atoms with Crippen LogP contribution in [0.1, 0.15) is 16.7 Å². The fourth-order valence-electron chi connectivity index (χ4n) is 3.06. The van der Waals surface area contributed by atoms with Crippen LogP contribution < -0.4 is 20.4 Å². The number of nitrogens with one attached hydrogen (secondary N) is 1. The average Bonchev–Trinajstić information content (AvgIpc) is 2.63. The zero-order valence-corrected chi connectivity index (χ0v) is 15.3. The maximum absolute atomic E-state index is 12.0. The van der Waals surface area contributed by atoms with Crippen molar-refractivity contribution < 1.29 is 13.9 Å². The highest BCUT2D eigenvalue weighted by atomic mass is 35.5. The van der Waals surface area contributed by atoms with Crippen LogP contribution in [-0.4, -0.2) is 13.2 Å². The van der Waals surface area contributed by atoms with Crippen molar-refractivity contribution in [3.05, 3.63) is 62.5 Å². The van der Waals surface area contributed by atoms with Crippen LogP contribution in [0.5, 0.6) is 11.5 Å². The minimum Gasteiger partial charge on any atom is -0.486 e. The summed E-state index contributed by atoms with van der Waals surface area (Å²) in [6.07, 6.45) is 0. The van der Waals surface area contributed by atoms with Gasteiger partial charge in [0.25, 0.3) is 0 Å². The molecule has 1 aromatic heterocycles. The third-order valence-corrected chi connectivity index (χ3v) is 4.93. The zero-order valence-electron chi connectivity index (χ0n) is 14.5. The summed E-state index contributed by atoms with van der Waals surface area (Å²) in [5, 5.41) is 4.73. The lowest BCUT2D eigenvalue weighted by molar-refractivity contribution is 0.171. The maximum atomic E-state index is 12.0. The van der Waals surface area contributed by atoms with Gasteiger partial charge in [-0.1, -0.05) is 23.7 Å². The van der Waals surface area contributed by atoms with Gasteiger partial charge in [-0.25, -0.2) is 4.79 Å². The second kappa shape index (κ2) is 6.57. The summed E-state index contributed by atoms with van der Waals surface area (Å²) >= 11 is 6.34. The van der Waals surface area contributed by atoms with E-state index in [0.717, 1.165) is 27.8 Å². The molecule has 0 unspecified atom stereocenters. The van der Waals surface area contributed by atoms with Gasteiger partial charge in [-0.05, 0) is 30.5 Å². The highest BCUT2D eigenvalue weighted by molar-refractivity contribution is 6.33. The SMILES string of the molecule is Cc1ccc2c(CNc3cc4c(cc3Cl)OCCO4)cc(=O)oc2c1C. The Balaban J connectivity index is 1.68. The van der Waals surface area contributed by atoms with E-state index in [-0.39, 0.29) is 5.63 Å². The molecule has 3 aromatic rings.